The van der Waals surface area contributed by atoms with Crippen LogP contribution in [-0.4, -0.2) is 18.4 Å². The average molecular weight is 256 g/mol. The number of likely N-dealkylation sites (N-methyl/N-ethyl adjacent to an activating group) is 1. The number of hydrogen-bond donors (Lipinski definition) is 1. The monoisotopic (exact) mass is 255 g/mol. The van der Waals surface area contributed by atoms with Gasteiger partial charge in [0.2, 0.25) is 0 Å². The van der Waals surface area contributed by atoms with Crippen LogP contribution in [0.15, 0.2) is 28.7 Å². The van der Waals surface area contributed by atoms with Gasteiger partial charge in [0.25, 0.3) is 0 Å². The summed E-state index contributed by atoms with van der Waals surface area (Å²) in [5.41, 5.74) is 0.208. The van der Waals surface area contributed by atoms with Gasteiger partial charge in [0.1, 0.15) is 0 Å². The minimum absolute atomic E-state index is 0.0984. The second kappa shape index (κ2) is 4.24. The standard InChI is InChI=1S/C11H14BrNO/c1-11(2,13-3)10(14)8-5-4-6-9(12)7-8/h4-7,13H,1-3H3. The fourth-order valence-electron chi connectivity index (χ4n) is 1.10. The van der Waals surface area contributed by atoms with Gasteiger partial charge >= 0.3 is 0 Å². The van der Waals surface area contributed by atoms with E-state index in [9.17, 15) is 4.79 Å². The first kappa shape index (κ1) is 11.4. The van der Waals surface area contributed by atoms with E-state index in [1.54, 1.807) is 7.05 Å². The van der Waals surface area contributed by atoms with Gasteiger partial charge in [-0.3, -0.25) is 4.79 Å². The van der Waals surface area contributed by atoms with Gasteiger partial charge in [0.15, 0.2) is 5.78 Å². The van der Waals surface area contributed by atoms with E-state index in [-0.39, 0.29) is 5.78 Å². The Morgan fingerprint density at radius 3 is 2.57 bits per heavy atom. The third-order valence-corrected chi connectivity index (χ3v) is 2.77. The van der Waals surface area contributed by atoms with E-state index in [0.717, 1.165) is 10.0 Å². The number of Topliss-reactive ketones (excluding diaryl/α,β-unsaturated/α-hetero) is 1. The molecule has 1 N–H and O–H groups in total. The number of hydrogen-bond acceptors (Lipinski definition) is 2. The molecule has 0 spiro atoms. The fraction of sp³-hybridized carbons (Fsp3) is 0.364. The SMILES string of the molecule is CNC(C)(C)C(=O)c1cccc(Br)c1. The Hall–Kier alpha value is -0.670. The average Bonchev–Trinajstić information content (AvgIpc) is 2.16. The molecule has 0 aliphatic rings. The minimum atomic E-state index is -0.513. The highest BCUT2D eigenvalue weighted by Crippen LogP contribution is 2.16. The maximum absolute atomic E-state index is 12.0. The summed E-state index contributed by atoms with van der Waals surface area (Å²) in [6, 6.07) is 7.43. The highest BCUT2D eigenvalue weighted by atomic mass is 79.9. The van der Waals surface area contributed by atoms with Crippen LogP contribution in [0.1, 0.15) is 24.2 Å². The van der Waals surface area contributed by atoms with E-state index >= 15 is 0 Å². The van der Waals surface area contributed by atoms with E-state index < -0.39 is 5.54 Å². The predicted molar refractivity (Wildman–Crippen MR) is 61.6 cm³/mol. The first-order chi connectivity index (χ1) is 6.47. The number of carbonyl (C=O) groups is 1. The minimum Gasteiger partial charge on any atom is -0.308 e. The molecule has 14 heavy (non-hydrogen) atoms. The number of ketones is 1. The molecule has 0 radical (unpaired) electrons. The topological polar surface area (TPSA) is 29.1 Å². The summed E-state index contributed by atoms with van der Waals surface area (Å²) in [6.45, 7) is 3.74. The van der Waals surface area contributed by atoms with Crippen LogP contribution >= 0.6 is 15.9 Å². The number of carbonyl (C=O) groups excluding carboxylic acids is 1. The van der Waals surface area contributed by atoms with Crippen molar-refractivity contribution in [2.24, 2.45) is 0 Å². The molecule has 1 aromatic carbocycles. The third-order valence-electron chi connectivity index (χ3n) is 2.28. The van der Waals surface area contributed by atoms with Gasteiger partial charge in [-0.05, 0) is 33.0 Å². The van der Waals surface area contributed by atoms with Crippen LogP contribution in [0.3, 0.4) is 0 Å². The Bertz CT molecular complexity index is 347. The summed E-state index contributed by atoms with van der Waals surface area (Å²) in [4.78, 5) is 12.0. The summed E-state index contributed by atoms with van der Waals surface area (Å²) >= 11 is 3.35. The zero-order chi connectivity index (χ0) is 10.8. The van der Waals surface area contributed by atoms with Crippen LogP contribution < -0.4 is 5.32 Å². The van der Waals surface area contributed by atoms with Crippen LogP contribution in [0.4, 0.5) is 0 Å². The van der Waals surface area contributed by atoms with E-state index in [2.05, 4.69) is 21.2 Å². The van der Waals surface area contributed by atoms with Gasteiger partial charge in [0, 0.05) is 10.0 Å². The Labute approximate surface area is 92.8 Å². The summed E-state index contributed by atoms with van der Waals surface area (Å²) in [5.74, 6) is 0.0984. The summed E-state index contributed by atoms with van der Waals surface area (Å²) in [5, 5.41) is 2.99. The van der Waals surface area contributed by atoms with Crippen molar-refractivity contribution in [3.8, 4) is 0 Å². The Morgan fingerprint density at radius 1 is 1.43 bits per heavy atom. The van der Waals surface area contributed by atoms with Crippen molar-refractivity contribution in [2.75, 3.05) is 7.05 Å². The van der Waals surface area contributed by atoms with Crippen LogP contribution in [0.2, 0.25) is 0 Å². The van der Waals surface area contributed by atoms with Gasteiger partial charge in [-0.1, -0.05) is 28.1 Å². The number of benzene rings is 1. The van der Waals surface area contributed by atoms with E-state index in [4.69, 9.17) is 0 Å². The zero-order valence-electron chi connectivity index (χ0n) is 8.60. The maximum Gasteiger partial charge on any atom is 0.182 e. The lowest BCUT2D eigenvalue weighted by molar-refractivity contribution is 0.0889. The molecule has 1 rings (SSSR count). The van der Waals surface area contributed by atoms with Crippen molar-refractivity contribution in [3.05, 3.63) is 34.3 Å². The van der Waals surface area contributed by atoms with Gasteiger partial charge in [-0.2, -0.15) is 0 Å². The highest BCUT2D eigenvalue weighted by Gasteiger charge is 2.26. The first-order valence-electron chi connectivity index (χ1n) is 4.46. The molecule has 0 aliphatic carbocycles. The summed E-state index contributed by atoms with van der Waals surface area (Å²) < 4.78 is 0.926. The number of rotatable bonds is 3. The largest absolute Gasteiger partial charge is 0.308 e. The van der Waals surface area contributed by atoms with Crippen molar-refractivity contribution in [1.82, 2.24) is 5.32 Å². The van der Waals surface area contributed by atoms with Gasteiger partial charge in [-0.25, -0.2) is 0 Å². The third kappa shape index (κ3) is 2.42. The van der Waals surface area contributed by atoms with Crippen molar-refractivity contribution in [2.45, 2.75) is 19.4 Å². The molecule has 0 aliphatic heterocycles. The lowest BCUT2D eigenvalue weighted by atomic mass is 9.93. The molecule has 0 atom stereocenters. The first-order valence-corrected chi connectivity index (χ1v) is 5.26. The molecular formula is C11H14BrNO. The normalized spacial score (nSPS) is 11.4. The number of nitrogens with one attached hydrogen (secondary N) is 1. The Balaban J connectivity index is 3.01. The molecule has 0 fully saturated rings. The molecule has 0 amide bonds. The molecule has 2 nitrogen and oxygen atoms in total. The van der Waals surface area contributed by atoms with Crippen molar-refractivity contribution < 1.29 is 4.79 Å². The number of halogens is 1. The molecule has 3 heteroatoms. The second-order valence-electron chi connectivity index (χ2n) is 3.71. The lowest BCUT2D eigenvalue weighted by Crippen LogP contribution is -2.44. The highest BCUT2D eigenvalue weighted by molar-refractivity contribution is 9.10. The van der Waals surface area contributed by atoms with Crippen LogP contribution in [-0.2, 0) is 0 Å². The van der Waals surface area contributed by atoms with Gasteiger partial charge in [0.05, 0.1) is 5.54 Å². The van der Waals surface area contributed by atoms with E-state index in [0.29, 0.717) is 0 Å². The van der Waals surface area contributed by atoms with Gasteiger partial charge < -0.3 is 5.32 Å². The molecule has 76 valence electrons. The van der Waals surface area contributed by atoms with Crippen LogP contribution in [0.25, 0.3) is 0 Å². The smallest absolute Gasteiger partial charge is 0.182 e. The van der Waals surface area contributed by atoms with Crippen LogP contribution in [0.5, 0.6) is 0 Å². The molecule has 0 saturated carbocycles. The molecule has 0 heterocycles. The van der Waals surface area contributed by atoms with Gasteiger partial charge in [-0.15, -0.1) is 0 Å². The molecule has 1 aromatic rings. The molecule has 0 bridgehead atoms. The van der Waals surface area contributed by atoms with E-state index in [1.807, 2.05) is 38.1 Å². The molecule has 0 unspecified atom stereocenters. The van der Waals surface area contributed by atoms with Crippen molar-refractivity contribution in [1.29, 1.82) is 0 Å². The second-order valence-corrected chi connectivity index (χ2v) is 4.63. The lowest BCUT2D eigenvalue weighted by Gasteiger charge is -2.22. The molecule has 0 aromatic heterocycles. The molecule has 0 saturated heterocycles. The van der Waals surface area contributed by atoms with Crippen molar-refractivity contribution >= 4 is 21.7 Å². The van der Waals surface area contributed by atoms with Crippen LogP contribution in [0, 0.1) is 0 Å². The van der Waals surface area contributed by atoms with E-state index in [1.165, 1.54) is 0 Å². The maximum atomic E-state index is 12.0. The Morgan fingerprint density at radius 2 is 2.07 bits per heavy atom. The quantitative estimate of drug-likeness (QED) is 0.842. The molecular weight excluding hydrogens is 242 g/mol. The summed E-state index contributed by atoms with van der Waals surface area (Å²) in [7, 11) is 1.79. The fourth-order valence-corrected chi connectivity index (χ4v) is 1.50. The summed E-state index contributed by atoms with van der Waals surface area (Å²) in [6.07, 6.45) is 0. The van der Waals surface area contributed by atoms with Crippen molar-refractivity contribution in [3.63, 3.8) is 0 Å². The Kier molecular flexibility index (Phi) is 3.45. The zero-order valence-corrected chi connectivity index (χ0v) is 10.2. The predicted octanol–water partition coefficient (Wildman–Crippen LogP) is 2.63.